The maximum Gasteiger partial charge on any atom is 0.230 e. The van der Waals surface area contributed by atoms with Crippen LogP contribution in [0.15, 0.2) is 33.3 Å². The van der Waals surface area contributed by atoms with Crippen molar-refractivity contribution in [1.29, 1.82) is 0 Å². The molecule has 25 heavy (non-hydrogen) atoms. The van der Waals surface area contributed by atoms with Crippen LogP contribution in [0.25, 0.3) is 11.4 Å². The van der Waals surface area contributed by atoms with E-state index in [1.54, 1.807) is 23.7 Å². The molecule has 0 spiro atoms. The van der Waals surface area contributed by atoms with E-state index in [-0.39, 0.29) is 5.91 Å². The van der Waals surface area contributed by atoms with Crippen LogP contribution in [0.5, 0.6) is 0 Å². The molecule has 0 atom stereocenters. The molecule has 0 aromatic carbocycles. The monoisotopic (exact) mass is 376 g/mol. The number of carbonyl (C=O) groups is 1. The van der Waals surface area contributed by atoms with Crippen LogP contribution in [0, 0.1) is 13.8 Å². The fourth-order valence-electron chi connectivity index (χ4n) is 2.39. The van der Waals surface area contributed by atoms with E-state index in [9.17, 15) is 4.79 Å². The van der Waals surface area contributed by atoms with Crippen molar-refractivity contribution in [3.05, 3.63) is 40.0 Å². The summed E-state index contributed by atoms with van der Waals surface area (Å²) in [5, 5.41) is 14.3. The van der Waals surface area contributed by atoms with Crippen LogP contribution in [0.3, 0.4) is 0 Å². The fourth-order valence-corrected chi connectivity index (χ4v) is 4.09. The summed E-state index contributed by atoms with van der Waals surface area (Å²) in [6, 6.07) is 3.63. The molecule has 1 N–H and O–H groups in total. The van der Waals surface area contributed by atoms with Gasteiger partial charge in [0.1, 0.15) is 5.76 Å². The number of rotatable bonds is 7. The Hall–Kier alpha value is -2.06. The maximum atomic E-state index is 12.0. The third kappa shape index (κ3) is 3.96. The lowest BCUT2D eigenvalue weighted by Crippen LogP contribution is -2.24. The molecule has 3 aromatic rings. The van der Waals surface area contributed by atoms with Crippen LogP contribution in [0.4, 0.5) is 0 Å². The van der Waals surface area contributed by atoms with Crippen LogP contribution in [-0.4, -0.2) is 26.4 Å². The largest absolute Gasteiger partial charge is 0.467 e. The van der Waals surface area contributed by atoms with E-state index in [2.05, 4.69) is 46.2 Å². The summed E-state index contributed by atoms with van der Waals surface area (Å²) in [5.74, 6) is 1.83. The molecule has 3 aromatic heterocycles. The van der Waals surface area contributed by atoms with Gasteiger partial charge in [0.25, 0.3) is 0 Å². The van der Waals surface area contributed by atoms with E-state index >= 15 is 0 Å². The molecular formula is C17H20N4O2S2. The number of thioether (sulfide) groups is 1. The van der Waals surface area contributed by atoms with E-state index in [1.807, 2.05) is 6.07 Å². The van der Waals surface area contributed by atoms with Crippen molar-refractivity contribution in [3.63, 3.8) is 0 Å². The molecule has 0 saturated heterocycles. The van der Waals surface area contributed by atoms with Crippen molar-refractivity contribution in [2.24, 2.45) is 0 Å². The van der Waals surface area contributed by atoms with Crippen molar-refractivity contribution >= 4 is 29.0 Å². The van der Waals surface area contributed by atoms with Gasteiger partial charge in [-0.2, -0.15) is 0 Å². The summed E-state index contributed by atoms with van der Waals surface area (Å²) in [4.78, 5) is 13.3. The summed E-state index contributed by atoms with van der Waals surface area (Å²) in [5.41, 5.74) is 2.35. The molecule has 0 aliphatic heterocycles. The zero-order valence-electron chi connectivity index (χ0n) is 14.4. The summed E-state index contributed by atoms with van der Waals surface area (Å²) in [7, 11) is 0. The summed E-state index contributed by atoms with van der Waals surface area (Å²) in [6.07, 6.45) is 1.59. The minimum Gasteiger partial charge on any atom is -0.467 e. The number of aromatic nitrogens is 3. The Morgan fingerprint density at radius 2 is 2.24 bits per heavy atom. The molecule has 0 fully saturated rings. The smallest absolute Gasteiger partial charge is 0.230 e. The Bertz CT molecular complexity index is 852. The quantitative estimate of drug-likeness (QED) is 0.637. The Labute approximate surface area is 154 Å². The summed E-state index contributed by atoms with van der Waals surface area (Å²) in [6.45, 7) is 7.42. The van der Waals surface area contributed by atoms with Gasteiger partial charge in [-0.05, 0) is 38.5 Å². The van der Waals surface area contributed by atoms with Crippen molar-refractivity contribution in [1.82, 2.24) is 20.1 Å². The van der Waals surface area contributed by atoms with E-state index in [4.69, 9.17) is 4.42 Å². The first-order valence-electron chi connectivity index (χ1n) is 8.00. The lowest BCUT2D eigenvalue weighted by molar-refractivity contribution is -0.118. The Morgan fingerprint density at radius 3 is 2.88 bits per heavy atom. The first-order valence-corrected chi connectivity index (χ1v) is 9.86. The molecule has 0 unspecified atom stereocenters. The number of amides is 1. The SMILES string of the molecule is CCn1c(SCC(=O)NCc2ccco2)nnc1-c1csc(C)c1C. The van der Waals surface area contributed by atoms with Crippen LogP contribution in [-0.2, 0) is 17.9 Å². The van der Waals surface area contributed by atoms with Crippen molar-refractivity contribution in [2.45, 2.75) is 39.0 Å². The second-order valence-corrected chi connectivity index (χ2v) is 7.55. The average molecular weight is 377 g/mol. The predicted molar refractivity (Wildman–Crippen MR) is 99.8 cm³/mol. The summed E-state index contributed by atoms with van der Waals surface area (Å²) < 4.78 is 7.26. The molecule has 132 valence electrons. The first-order chi connectivity index (χ1) is 12.1. The number of carbonyl (C=O) groups excluding carboxylic acids is 1. The lowest BCUT2D eigenvalue weighted by Gasteiger charge is -2.07. The number of aryl methyl sites for hydroxylation is 1. The molecular weight excluding hydrogens is 356 g/mol. The van der Waals surface area contributed by atoms with Gasteiger partial charge < -0.3 is 14.3 Å². The molecule has 1 amide bonds. The van der Waals surface area contributed by atoms with Gasteiger partial charge in [-0.1, -0.05) is 11.8 Å². The fraction of sp³-hybridized carbons (Fsp3) is 0.353. The molecule has 3 rings (SSSR count). The Morgan fingerprint density at radius 1 is 1.40 bits per heavy atom. The normalized spacial score (nSPS) is 11.0. The first kappa shape index (κ1) is 17.8. The topological polar surface area (TPSA) is 73.0 Å². The van der Waals surface area contributed by atoms with Gasteiger partial charge in [0.2, 0.25) is 5.91 Å². The third-order valence-electron chi connectivity index (χ3n) is 3.93. The van der Waals surface area contributed by atoms with E-state index in [0.29, 0.717) is 12.3 Å². The molecule has 6 nitrogen and oxygen atoms in total. The van der Waals surface area contributed by atoms with Gasteiger partial charge in [0.15, 0.2) is 11.0 Å². The number of furan rings is 1. The number of hydrogen-bond acceptors (Lipinski definition) is 6. The molecule has 0 bridgehead atoms. The van der Waals surface area contributed by atoms with Crippen LogP contribution in [0.1, 0.15) is 23.1 Å². The number of nitrogens with one attached hydrogen (secondary N) is 1. The van der Waals surface area contributed by atoms with Gasteiger partial charge in [-0.25, -0.2) is 0 Å². The van der Waals surface area contributed by atoms with Crippen LogP contribution < -0.4 is 5.32 Å². The minimum atomic E-state index is -0.0591. The number of nitrogens with zero attached hydrogens (tertiary/aromatic N) is 3. The molecule has 0 aliphatic carbocycles. The Kier molecular flexibility index (Phi) is 5.60. The van der Waals surface area contributed by atoms with Crippen LogP contribution in [0.2, 0.25) is 0 Å². The van der Waals surface area contributed by atoms with Gasteiger partial charge in [0, 0.05) is 22.4 Å². The van der Waals surface area contributed by atoms with Gasteiger partial charge >= 0.3 is 0 Å². The van der Waals surface area contributed by atoms with Gasteiger partial charge in [-0.15, -0.1) is 21.5 Å². The van der Waals surface area contributed by atoms with Gasteiger partial charge in [-0.3, -0.25) is 4.79 Å². The highest BCUT2D eigenvalue weighted by Crippen LogP contribution is 2.31. The highest BCUT2D eigenvalue weighted by molar-refractivity contribution is 7.99. The standard InChI is InChI=1S/C17H20N4O2S2/c1-4-21-16(14-9-24-12(3)11(14)2)19-20-17(21)25-10-15(22)18-8-13-6-5-7-23-13/h5-7,9H,4,8,10H2,1-3H3,(H,18,22). The predicted octanol–water partition coefficient (Wildman–Crippen LogP) is 3.64. The van der Waals surface area contributed by atoms with E-state index in [1.165, 1.54) is 22.2 Å². The molecule has 0 radical (unpaired) electrons. The van der Waals surface area contributed by atoms with Crippen molar-refractivity contribution in [3.8, 4) is 11.4 Å². The second-order valence-electron chi connectivity index (χ2n) is 5.53. The van der Waals surface area contributed by atoms with E-state index in [0.717, 1.165) is 28.8 Å². The highest BCUT2D eigenvalue weighted by atomic mass is 32.2. The zero-order valence-corrected chi connectivity index (χ0v) is 16.0. The van der Waals surface area contributed by atoms with Crippen molar-refractivity contribution in [2.75, 3.05) is 5.75 Å². The number of thiophene rings is 1. The second kappa shape index (κ2) is 7.88. The molecule has 3 heterocycles. The maximum absolute atomic E-state index is 12.0. The third-order valence-corrected chi connectivity index (χ3v) is 5.91. The average Bonchev–Trinajstić information content (AvgIpc) is 3.33. The molecule has 0 aliphatic rings. The lowest BCUT2D eigenvalue weighted by atomic mass is 10.1. The Balaban J connectivity index is 1.65. The highest BCUT2D eigenvalue weighted by Gasteiger charge is 2.17. The van der Waals surface area contributed by atoms with Crippen molar-refractivity contribution < 1.29 is 9.21 Å². The minimum absolute atomic E-state index is 0.0591. The zero-order chi connectivity index (χ0) is 17.8. The van der Waals surface area contributed by atoms with E-state index < -0.39 is 0 Å². The molecule has 0 saturated carbocycles. The number of hydrogen-bond donors (Lipinski definition) is 1. The van der Waals surface area contributed by atoms with Gasteiger partial charge in [0.05, 0.1) is 18.6 Å². The molecule has 8 heteroatoms. The van der Waals surface area contributed by atoms with Crippen LogP contribution >= 0.6 is 23.1 Å². The summed E-state index contributed by atoms with van der Waals surface area (Å²) >= 11 is 3.11.